The smallest absolute Gasteiger partial charge is 0.159 e. The van der Waals surface area contributed by atoms with Crippen LogP contribution in [0.1, 0.15) is 36.4 Å². The van der Waals surface area contributed by atoms with Crippen LogP contribution in [0.4, 0.5) is 8.78 Å². The van der Waals surface area contributed by atoms with Crippen LogP contribution >= 0.6 is 0 Å². The maximum Gasteiger partial charge on any atom is 0.159 e. The van der Waals surface area contributed by atoms with Gasteiger partial charge in [0.15, 0.2) is 11.6 Å². The lowest BCUT2D eigenvalue weighted by Crippen LogP contribution is -2.07. The average molecular weight is 280 g/mol. The summed E-state index contributed by atoms with van der Waals surface area (Å²) in [4.78, 5) is 0. The molecule has 1 N–H and O–H groups in total. The maximum absolute atomic E-state index is 13.2. The topological polar surface area (TPSA) is 38.0 Å². The standard InChI is InChI=1S/C15H18F2N2O/c1-3-14-11(9-20)15(4-2)19(18-14)8-10-5-6-12(16)13(17)7-10/h5-7,20H,3-4,8-9H2,1-2H3. The first-order chi connectivity index (χ1) is 9.60. The molecule has 3 nitrogen and oxygen atoms in total. The van der Waals surface area contributed by atoms with E-state index in [2.05, 4.69) is 5.10 Å². The molecule has 0 atom stereocenters. The van der Waals surface area contributed by atoms with Crippen molar-refractivity contribution in [3.8, 4) is 0 Å². The van der Waals surface area contributed by atoms with Crippen LogP contribution in [0.25, 0.3) is 0 Å². The summed E-state index contributed by atoms with van der Waals surface area (Å²) in [5, 5.41) is 13.9. The predicted molar refractivity (Wildman–Crippen MR) is 72.4 cm³/mol. The second-order valence-corrected chi connectivity index (χ2v) is 4.64. The third kappa shape index (κ3) is 2.72. The minimum absolute atomic E-state index is 0.0515. The summed E-state index contributed by atoms with van der Waals surface area (Å²) in [6.07, 6.45) is 1.46. The van der Waals surface area contributed by atoms with Crippen molar-refractivity contribution in [3.05, 3.63) is 52.3 Å². The first kappa shape index (κ1) is 14.7. The quantitative estimate of drug-likeness (QED) is 0.914. The summed E-state index contributed by atoms with van der Waals surface area (Å²) < 4.78 is 27.9. The Kier molecular flexibility index (Phi) is 4.49. The van der Waals surface area contributed by atoms with Gasteiger partial charge in [-0.05, 0) is 30.5 Å². The minimum Gasteiger partial charge on any atom is -0.392 e. The number of nitrogens with zero attached hydrogens (tertiary/aromatic N) is 2. The fourth-order valence-electron chi connectivity index (χ4n) is 2.39. The van der Waals surface area contributed by atoms with E-state index >= 15 is 0 Å². The Balaban J connectivity index is 2.37. The van der Waals surface area contributed by atoms with Crippen molar-refractivity contribution in [1.82, 2.24) is 9.78 Å². The van der Waals surface area contributed by atoms with Gasteiger partial charge in [-0.3, -0.25) is 4.68 Å². The van der Waals surface area contributed by atoms with Crippen molar-refractivity contribution in [3.63, 3.8) is 0 Å². The van der Waals surface area contributed by atoms with Crippen molar-refractivity contribution in [2.24, 2.45) is 0 Å². The van der Waals surface area contributed by atoms with E-state index in [4.69, 9.17) is 0 Å². The van der Waals surface area contributed by atoms with E-state index < -0.39 is 11.6 Å². The van der Waals surface area contributed by atoms with E-state index in [1.165, 1.54) is 6.07 Å². The highest BCUT2D eigenvalue weighted by Crippen LogP contribution is 2.18. The van der Waals surface area contributed by atoms with Crippen LogP contribution in [-0.4, -0.2) is 14.9 Å². The third-order valence-corrected chi connectivity index (χ3v) is 3.39. The fourth-order valence-corrected chi connectivity index (χ4v) is 2.39. The van der Waals surface area contributed by atoms with E-state index in [-0.39, 0.29) is 6.61 Å². The highest BCUT2D eigenvalue weighted by Gasteiger charge is 2.15. The molecule has 2 aromatic rings. The molecule has 0 radical (unpaired) electrons. The summed E-state index contributed by atoms with van der Waals surface area (Å²) in [5.74, 6) is -1.71. The lowest BCUT2D eigenvalue weighted by molar-refractivity contribution is 0.279. The van der Waals surface area contributed by atoms with Gasteiger partial charge < -0.3 is 5.11 Å². The molecule has 0 bridgehead atoms. The van der Waals surface area contributed by atoms with E-state index in [0.29, 0.717) is 12.1 Å². The summed E-state index contributed by atoms with van der Waals surface area (Å²) in [6.45, 7) is 4.28. The van der Waals surface area contributed by atoms with Crippen LogP contribution in [0.15, 0.2) is 18.2 Å². The third-order valence-electron chi connectivity index (χ3n) is 3.39. The number of hydrogen-bond acceptors (Lipinski definition) is 2. The van der Waals surface area contributed by atoms with Crippen LogP contribution in [0.3, 0.4) is 0 Å². The van der Waals surface area contributed by atoms with E-state index in [9.17, 15) is 13.9 Å². The first-order valence-corrected chi connectivity index (χ1v) is 6.72. The normalized spacial score (nSPS) is 11.1. The number of aromatic nitrogens is 2. The lowest BCUT2D eigenvalue weighted by atomic mass is 10.1. The average Bonchev–Trinajstić information content (AvgIpc) is 2.79. The number of hydrogen-bond donors (Lipinski definition) is 1. The number of benzene rings is 1. The van der Waals surface area contributed by atoms with E-state index in [0.717, 1.165) is 35.9 Å². The molecule has 1 heterocycles. The van der Waals surface area contributed by atoms with Gasteiger partial charge in [-0.1, -0.05) is 19.9 Å². The van der Waals surface area contributed by atoms with Gasteiger partial charge in [-0.2, -0.15) is 5.10 Å². The van der Waals surface area contributed by atoms with Crippen molar-refractivity contribution in [1.29, 1.82) is 0 Å². The van der Waals surface area contributed by atoms with E-state index in [1.54, 1.807) is 10.7 Å². The van der Waals surface area contributed by atoms with Gasteiger partial charge in [0.1, 0.15) is 0 Å². The molecule has 0 unspecified atom stereocenters. The molecule has 0 saturated carbocycles. The van der Waals surface area contributed by atoms with Crippen LogP contribution in [0, 0.1) is 11.6 Å². The Morgan fingerprint density at radius 1 is 1.15 bits per heavy atom. The molecule has 0 saturated heterocycles. The SMILES string of the molecule is CCc1nn(Cc2ccc(F)c(F)c2)c(CC)c1CO. The number of rotatable bonds is 5. The molecule has 2 rings (SSSR count). The molecule has 0 aliphatic rings. The predicted octanol–water partition coefficient (Wildman–Crippen LogP) is 2.83. The van der Waals surface area contributed by atoms with Crippen LogP contribution in [0.2, 0.25) is 0 Å². The number of aliphatic hydroxyl groups is 1. The van der Waals surface area contributed by atoms with Crippen molar-refractivity contribution in [2.45, 2.75) is 39.8 Å². The highest BCUT2D eigenvalue weighted by atomic mass is 19.2. The Morgan fingerprint density at radius 2 is 1.90 bits per heavy atom. The van der Waals surface area contributed by atoms with Crippen LogP contribution < -0.4 is 0 Å². The largest absolute Gasteiger partial charge is 0.392 e. The van der Waals surface area contributed by atoms with Crippen LogP contribution in [-0.2, 0) is 26.0 Å². The summed E-state index contributed by atoms with van der Waals surface area (Å²) >= 11 is 0. The molecule has 0 spiro atoms. The van der Waals surface area contributed by atoms with Gasteiger partial charge in [-0.25, -0.2) is 8.78 Å². The minimum atomic E-state index is -0.856. The summed E-state index contributed by atoms with van der Waals surface area (Å²) in [6, 6.07) is 3.85. The Hall–Kier alpha value is -1.75. The molecule has 0 amide bonds. The molecule has 5 heteroatoms. The Morgan fingerprint density at radius 3 is 2.45 bits per heavy atom. The molecule has 20 heavy (non-hydrogen) atoms. The zero-order valence-corrected chi connectivity index (χ0v) is 11.7. The Labute approximate surface area is 116 Å². The molecule has 1 aromatic heterocycles. The first-order valence-electron chi connectivity index (χ1n) is 6.72. The molecule has 0 fully saturated rings. The molecule has 108 valence electrons. The summed E-state index contributed by atoms with van der Waals surface area (Å²) in [7, 11) is 0. The number of aliphatic hydroxyl groups excluding tert-OH is 1. The van der Waals surface area contributed by atoms with Gasteiger partial charge in [0, 0.05) is 11.3 Å². The second-order valence-electron chi connectivity index (χ2n) is 4.64. The maximum atomic E-state index is 13.2. The molecule has 0 aliphatic carbocycles. The van der Waals surface area contributed by atoms with Gasteiger partial charge in [0.25, 0.3) is 0 Å². The van der Waals surface area contributed by atoms with Gasteiger partial charge in [0.05, 0.1) is 18.8 Å². The molecular weight excluding hydrogens is 262 g/mol. The number of halogens is 2. The highest BCUT2D eigenvalue weighted by molar-refractivity contribution is 5.27. The van der Waals surface area contributed by atoms with Crippen molar-refractivity contribution < 1.29 is 13.9 Å². The summed E-state index contributed by atoms with van der Waals surface area (Å²) in [5.41, 5.74) is 3.28. The Bertz CT molecular complexity index is 608. The monoisotopic (exact) mass is 280 g/mol. The second kappa shape index (κ2) is 6.13. The van der Waals surface area contributed by atoms with Crippen LogP contribution in [0.5, 0.6) is 0 Å². The van der Waals surface area contributed by atoms with Gasteiger partial charge in [0.2, 0.25) is 0 Å². The zero-order valence-electron chi connectivity index (χ0n) is 11.7. The van der Waals surface area contributed by atoms with Crippen molar-refractivity contribution >= 4 is 0 Å². The molecule has 0 aliphatic heterocycles. The van der Waals surface area contributed by atoms with Gasteiger partial charge in [-0.15, -0.1) is 0 Å². The van der Waals surface area contributed by atoms with Crippen molar-refractivity contribution in [2.75, 3.05) is 0 Å². The fraction of sp³-hybridized carbons (Fsp3) is 0.400. The van der Waals surface area contributed by atoms with E-state index in [1.807, 2.05) is 13.8 Å². The zero-order chi connectivity index (χ0) is 14.7. The number of aryl methyl sites for hydroxylation is 1. The molecule has 1 aromatic carbocycles. The van der Waals surface area contributed by atoms with Gasteiger partial charge >= 0.3 is 0 Å². The molecular formula is C15H18F2N2O. The lowest BCUT2D eigenvalue weighted by Gasteiger charge is -2.07.